The molecule has 10 heavy (non-hydrogen) atoms. The molecule has 2 fully saturated rings. The van der Waals surface area contributed by atoms with Gasteiger partial charge in [-0.25, -0.2) is 0 Å². The summed E-state index contributed by atoms with van der Waals surface area (Å²) in [5.41, 5.74) is 0. The normalized spacial score (nSPS) is 41.7. The molecular weight excluding hydrogens is 140 g/mol. The SMILES string of the molecule is SC1CCCCC1C1CC1. The lowest BCUT2D eigenvalue weighted by molar-refractivity contribution is 0.335. The van der Waals surface area contributed by atoms with Crippen molar-refractivity contribution in [1.82, 2.24) is 0 Å². The molecule has 2 saturated carbocycles. The fraction of sp³-hybridized carbons (Fsp3) is 1.00. The first-order chi connectivity index (χ1) is 4.88. The fourth-order valence-corrected chi connectivity index (χ4v) is 2.79. The minimum atomic E-state index is 0.751. The van der Waals surface area contributed by atoms with Gasteiger partial charge in [0.2, 0.25) is 0 Å². The molecule has 0 heterocycles. The van der Waals surface area contributed by atoms with Crippen molar-refractivity contribution in [3.8, 4) is 0 Å². The molecule has 1 heteroatoms. The molecule has 0 aromatic rings. The van der Waals surface area contributed by atoms with Crippen molar-refractivity contribution >= 4 is 12.6 Å². The number of thiol groups is 1. The van der Waals surface area contributed by atoms with Gasteiger partial charge in [-0.1, -0.05) is 12.8 Å². The molecular formula is C9H16S. The van der Waals surface area contributed by atoms with Gasteiger partial charge in [0.1, 0.15) is 0 Å². The van der Waals surface area contributed by atoms with Crippen LogP contribution < -0.4 is 0 Å². The van der Waals surface area contributed by atoms with Gasteiger partial charge in [0.25, 0.3) is 0 Å². The Morgan fingerprint density at radius 3 is 2.20 bits per heavy atom. The Hall–Kier alpha value is 0.350. The molecule has 0 nitrogen and oxygen atoms in total. The van der Waals surface area contributed by atoms with Gasteiger partial charge >= 0.3 is 0 Å². The van der Waals surface area contributed by atoms with E-state index in [9.17, 15) is 0 Å². The maximum atomic E-state index is 4.64. The highest BCUT2D eigenvalue weighted by atomic mass is 32.1. The molecule has 0 aromatic carbocycles. The zero-order chi connectivity index (χ0) is 6.97. The van der Waals surface area contributed by atoms with Crippen LogP contribution in [0, 0.1) is 11.8 Å². The van der Waals surface area contributed by atoms with Gasteiger partial charge < -0.3 is 0 Å². The van der Waals surface area contributed by atoms with Gasteiger partial charge in [-0.05, 0) is 37.5 Å². The smallest absolute Gasteiger partial charge is 0.00477 e. The Morgan fingerprint density at radius 1 is 0.900 bits per heavy atom. The number of hydrogen-bond donors (Lipinski definition) is 1. The van der Waals surface area contributed by atoms with E-state index >= 15 is 0 Å². The van der Waals surface area contributed by atoms with Crippen LogP contribution in [0.2, 0.25) is 0 Å². The molecule has 0 saturated heterocycles. The molecule has 0 amide bonds. The van der Waals surface area contributed by atoms with Crippen LogP contribution in [0.3, 0.4) is 0 Å². The van der Waals surface area contributed by atoms with Crippen molar-refractivity contribution in [3.63, 3.8) is 0 Å². The van der Waals surface area contributed by atoms with Gasteiger partial charge in [0.05, 0.1) is 0 Å². The van der Waals surface area contributed by atoms with Gasteiger partial charge in [0, 0.05) is 5.25 Å². The second kappa shape index (κ2) is 2.77. The fourth-order valence-electron chi connectivity index (χ4n) is 2.21. The van der Waals surface area contributed by atoms with Crippen molar-refractivity contribution in [2.24, 2.45) is 11.8 Å². The molecule has 0 N–H and O–H groups in total. The summed E-state index contributed by atoms with van der Waals surface area (Å²) in [5.74, 6) is 2.08. The molecule has 0 radical (unpaired) electrons. The summed E-state index contributed by atoms with van der Waals surface area (Å²) in [4.78, 5) is 0. The van der Waals surface area contributed by atoms with E-state index in [1.807, 2.05) is 0 Å². The molecule has 2 rings (SSSR count). The number of hydrogen-bond acceptors (Lipinski definition) is 1. The minimum Gasteiger partial charge on any atom is -0.176 e. The summed E-state index contributed by atoms with van der Waals surface area (Å²) in [7, 11) is 0. The molecule has 0 bridgehead atoms. The third-order valence-corrected chi connectivity index (χ3v) is 3.65. The van der Waals surface area contributed by atoms with Gasteiger partial charge in [0.15, 0.2) is 0 Å². The minimum absolute atomic E-state index is 0.751. The van der Waals surface area contributed by atoms with Crippen LogP contribution in [0.1, 0.15) is 38.5 Å². The Morgan fingerprint density at radius 2 is 1.60 bits per heavy atom. The maximum Gasteiger partial charge on any atom is 0.00477 e. The highest BCUT2D eigenvalue weighted by molar-refractivity contribution is 7.81. The molecule has 0 aliphatic heterocycles. The quantitative estimate of drug-likeness (QED) is 0.554. The first-order valence-corrected chi connectivity index (χ1v) is 5.07. The first kappa shape index (κ1) is 7.02. The van der Waals surface area contributed by atoms with Crippen LogP contribution in [0.15, 0.2) is 0 Å². The average Bonchev–Trinajstić information content (AvgIpc) is 2.71. The van der Waals surface area contributed by atoms with E-state index < -0.39 is 0 Å². The van der Waals surface area contributed by atoms with Crippen LogP contribution in [0.4, 0.5) is 0 Å². The molecule has 0 aromatic heterocycles. The lowest BCUT2D eigenvalue weighted by Gasteiger charge is -2.27. The maximum absolute atomic E-state index is 4.64. The third-order valence-electron chi connectivity index (χ3n) is 3.01. The van der Waals surface area contributed by atoms with Crippen molar-refractivity contribution in [2.75, 3.05) is 0 Å². The molecule has 2 atom stereocenters. The third kappa shape index (κ3) is 1.34. The summed E-state index contributed by atoms with van der Waals surface area (Å²) in [6.45, 7) is 0. The van der Waals surface area contributed by atoms with Crippen LogP contribution >= 0.6 is 12.6 Å². The largest absolute Gasteiger partial charge is 0.176 e. The second-order valence-corrected chi connectivity index (χ2v) is 4.52. The molecule has 58 valence electrons. The van der Waals surface area contributed by atoms with Crippen molar-refractivity contribution < 1.29 is 0 Å². The summed E-state index contributed by atoms with van der Waals surface area (Å²) in [6.07, 6.45) is 8.75. The van der Waals surface area contributed by atoms with Gasteiger partial charge in [-0.2, -0.15) is 12.6 Å². The zero-order valence-corrected chi connectivity index (χ0v) is 7.32. The highest BCUT2D eigenvalue weighted by Crippen LogP contribution is 2.45. The van der Waals surface area contributed by atoms with Crippen LogP contribution in [0.5, 0.6) is 0 Å². The Balaban J connectivity index is 1.90. The topological polar surface area (TPSA) is 0 Å². The van der Waals surface area contributed by atoms with Crippen LogP contribution in [-0.4, -0.2) is 5.25 Å². The van der Waals surface area contributed by atoms with Gasteiger partial charge in [-0.3, -0.25) is 0 Å². The molecule has 2 aliphatic carbocycles. The zero-order valence-electron chi connectivity index (χ0n) is 6.42. The monoisotopic (exact) mass is 156 g/mol. The predicted molar refractivity (Wildman–Crippen MR) is 47.5 cm³/mol. The summed E-state index contributed by atoms with van der Waals surface area (Å²) < 4.78 is 0. The van der Waals surface area contributed by atoms with Crippen molar-refractivity contribution in [3.05, 3.63) is 0 Å². The summed E-state index contributed by atoms with van der Waals surface area (Å²) in [6, 6.07) is 0. The van der Waals surface area contributed by atoms with Crippen molar-refractivity contribution in [2.45, 2.75) is 43.8 Å². The molecule has 2 aliphatic rings. The van der Waals surface area contributed by atoms with E-state index in [1.54, 1.807) is 0 Å². The van der Waals surface area contributed by atoms with Crippen LogP contribution in [0.25, 0.3) is 0 Å². The Labute approximate surface area is 68.8 Å². The first-order valence-electron chi connectivity index (χ1n) is 4.56. The standard InChI is InChI=1S/C9H16S/c10-9-4-2-1-3-8(9)7-5-6-7/h7-10H,1-6H2. The number of rotatable bonds is 1. The average molecular weight is 156 g/mol. The lowest BCUT2D eigenvalue weighted by Crippen LogP contribution is -2.21. The summed E-state index contributed by atoms with van der Waals surface area (Å²) >= 11 is 4.64. The highest BCUT2D eigenvalue weighted by Gasteiger charge is 2.35. The van der Waals surface area contributed by atoms with E-state index in [0.29, 0.717) is 0 Å². The van der Waals surface area contributed by atoms with E-state index in [2.05, 4.69) is 12.6 Å². The van der Waals surface area contributed by atoms with E-state index in [0.717, 1.165) is 17.1 Å². The second-order valence-electron chi connectivity index (χ2n) is 3.85. The van der Waals surface area contributed by atoms with Crippen LogP contribution in [-0.2, 0) is 0 Å². The van der Waals surface area contributed by atoms with E-state index in [4.69, 9.17) is 0 Å². The van der Waals surface area contributed by atoms with E-state index in [-0.39, 0.29) is 0 Å². The Bertz CT molecular complexity index is 118. The molecule has 0 spiro atoms. The van der Waals surface area contributed by atoms with E-state index in [1.165, 1.54) is 38.5 Å². The molecule has 2 unspecified atom stereocenters. The Kier molecular flexibility index (Phi) is 1.94. The predicted octanol–water partition coefficient (Wildman–Crippen LogP) is 2.89. The lowest BCUT2D eigenvalue weighted by atomic mass is 9.85. The summed E-state index contributed by atoms with van der Waals surface area (Å²) in [5, 5.41) is 0.751. The van der Waals surface area contributed by atoms with Crippen molar-refractivity contribution in [1.29, 1.82) is 0 Å². The van der Waals surface area contributed by atoms with Gasteiger partial charge in [-0.15, -0.1) is 0 Å².